The zero-order valence-electron chi connectivity index (χ0n) is 9.24. The minimum absolute atomic E-state index is 0.0519. The van der Waals surface area contributed by atoms with E-state index in [0.29, 0.717) is 5.92 Å². The third-order valence-electron chi connectivity index (χ3n) is 3.85. The highest BCUT2D eigenvalue weighted by Gasteiger charge is 2.42. The number of rotatable bonds is 6. The first-order chi connectivity index (χ1) is 7.27. The van der Waals surface area contributed by atoms with Gasteiger partial charge in [-0.1, -0.05) is 25.7 Å². The van der Waals surface area contributed by atoms with Gasteiger partial charge in [0.15, 0.2) is 0 Å². The molecule has 0 saturated heterocycles. The van der Waals surface area contributed by atoms with Gasteiger partial charge in [0.1, 0.15) is 0 Å². The summed E-state index contributed by atoms with van der Waals surface area (Å²) in [4.78, 5) is 10.6. The Morgan fingerprint density at radius 3 is 2.67 bits per heavy atom. The van der Waals surface area contributed by atoms with Gasteiger partial charge in [0.25, 0.3) is 0 Å². The van der Waals surface area contributed by atoms with E-state index in [1.165, 1.54) is 32.1 Å². The third kappa shape index (κ3) is 3.20. The summed E-state index contributed by atoms with van der Waals surface area (Å²) in [5.41, 5.74) is 0. The molecule has 0 heterocycles. The summed E-state index contributed by atoms with van der Waals surface area (Å²) in [5.74, 6) is 0.680. The van der Waals surface area contributed by atoms with Gasteiger partial charge in [0.2, 0.25) is 0 Å². The minimum atomic E-state index is -0.613. The van der Waals surface area contributed by atoms with E-state index in [2.05, 4.69) is 5.32 Å². The maximum absolute atomic E-state index is 10.6. The lowest BCUT2D eigenvalue weighted by Gasteiger charge is -2.09. The van der Waals surface area contributed by atoms with Gasteiger partial charge in [-0.05, 0) is 37.8 Å². The van der Waals surface area contributed by atoms with Crippen molar-refractivity contribution in [1.29, 1.82) is 0 Å². The predicted molar refractivity (Wildman–Crippen MR) is 58.7 cm³/mol. The summed E-state index contributed by atoms with van der Waals surface area (Å²) in [6, 6.07) is 0. The van der Waals surface area contributed by atoms with E-state index in [9.17, 15) is 4.79 Å². The Balaban J connectivity index is 1.47. The average molecular weight is 211 g/mol. The molecule has 2 rings (SSSR count). The normalized spacial score (nSPS) is 30.7. The fourth-order valence-electron chi connectivity index (χ4n) is 2.67. The monoisotopic (exact) mass is 211 g/mol. The van der Waals surface area contributed by atoms with Crippen molar-refractivity contribution in [3.63, 3.8) is 0 Å². The van der Waals surface area contributed by atoms with Crippen LogP contribution in [0.1, 0.15) is 38.5 Å². The fourth-order valence-corrected chi connectivity index (χ4v) is 2.67. The SMILES string of the molecule is O=C(O)C1CC1CNCCC1CCCC1. The van der Waals surface area contributed by atoms with Crippen molar-refractivity contribution in [3.8, 4) is 0 Å². The molecule has 2 saturated carbocycles. The van der Waals surface area contributed by atoms with Crippen molar-refractivity contribution in [1.82, 2.24) is 5.32 Å². The number of nitrogens with one attached hydrogen (secondary N) is 1. The standard InChI is InChI=1S/C12H21NO2/c14-12(15)11-7-10(11)8-13-6-5-9-3-1-2-4-9/h9-11,13H,1-8H2,(H,14,15). The average Bonchev–Trinajstić information content (AvgIpc) is 2.80. The first-order valence-corrected chi connectivity index (χ1v) is 6.21. The summed E-state index contributed by atoms with van der Waals surface area (Å²) in [5, 5.41) is 12.1. The number of carbonyl (C=O) groups is 1. The molecule has 0 aromatic heterocycles. The number of aliphatic carboxylic acids is 1. The summed E-state index contributed by atoms with van der Waals surface area (Å²) < 4.78 is 0. The second-order valence-corrected chi connectivity index (χ2v) is 5.08. The summed E-state index contributed by atoms with van der Waals surface area (Å²) in [6.45, 7) is 1.98. The van der Waals surface area contributed by atoms with E-state index < -0.39 is 5.97 Å². The summed E-state index contributed by atoms with van der Waals surface area (Å²) >= 11 is 0. The smallest absolute Gasteiger partial charge is 0.306 e. The molecule has 2 aliphatic rings. The molecule has 0 bridgehead atoms. The molecule has 0 amide bonds. The highest BCUT2D eigenvalue weighted by Crippen LogP contribution is 2.37. The van der Waals surface area contributed by atoms with Gasteiger partial charge in [-0.3, -0.25) is 4.79 Å². The molecule has 2 N–H and O–H groups in total. The van der Waals surface area contributed by atoms with E-state index >= 15 is 0 Å². The van der Waals surface area contributed by atoms with Crippen molar-refractivity contribution in [2.75, 3.05) is 13.1 Å². The maximum Gasteiger partial charge on any atom is 0.306 e. The molecule has 3 heteroatoms. The molecule has 2 fully saturated rings. The zero-order valence-corrected chi connectivity index (χ0v) is 9.24. The lowest BCUT2D eigenvalue weighted by molar-refractivity contribution is -0.138. The van der Waals surface area contributed by atoms with E-state index in [-0.39, 0.29) is 5.92 Å². The van der Waals surface area contributed by atoms with Gasteiger partial charge in [-0.25, -0.2) is 0 Å². The van der Waals surface area contributed by atoms with Crippen molar-refractivity contribution in [2.45, 2.75) is 38.5 Å². The summed E-state index contributed by atoms with van der Waals surface area (Å²) in [7, 11) is 0. The van der Waals surface area contributed by atoms with Crippen LogP contribution < -0.4 is 5.32 Å². The van der Waals surface area contributed by atoms with E-state index in [0.717, 1.165) is 25.4 Å². The molecule has 0 spiro atoms. The molecule has 0 radical (unpaired) electrons. The van der Waals surface area contributed by atoms with Crippen molar-refractivity contribution in [3.05, 3.63) is 0 Å². The highest BCUT2D eigenvalue weighted by molar-refractivity contribution is 5.73. The van der Waals surface area contributed by atoms with Gasteiger partial charge < -0.3 is 10.4 Å². The van der Waals surface area contributed by atoms with Crippen LogP contribution in [0.2, 0.25) is 0 Å². The van der Waals surface area contributed by atoms with Gasteiger partial charge in [0, 0.05) is 0 Å². The Morgan fingerprint density at radius 1 is 1.33 bits per heavy atom. The first kappa shape index (κ1) is 10.9. The molecule has 2 aliphatic carbocycles. The second kappa shape index (κ2) is 4.97. The predicted octanol–water partition coefficient (Wildman–Crippen LogP) is 1.88. The van der Waals surface area contributed by atoms with Crippen LogP contribution in [0.15, 0.2) is 0 Å². The van der Waals surface area contributed by atoms with Gasteiger partial charge >= 0.3 is 5.97 Å². The van der Waals surface area contributed by atoms with Crippen LogP contribution in [-0.2, 0) is 4.79 Å². The molecule has 3 nitrogen and oxygen atoms in total. The largest absolute Gasteiger partial charge is 0.481 e. The van der Waals surface area contributed by atoms with Crippen LogP contribution in [0.5, 0.6) is 0 Å². The number of hydrogen-bond donors (Lipinski definition) is 2. The van der Waals surface area contributed by atoms with Gasteiger partial charge in [0.05, 0.1) is 5.92 Å². The van der Waals surface area contributed by atoms with E-state index in [1.54, 1.807) is 0 Å². The van der Waals surface area contributed by atoms with E-state index in [1.807, 2.05) is 0 Å². The molecule has 2 unspecified atom stereocenters. The molecule has 15 heavy (non-hydrogen) atoms. The fraction of sp³-hybridized carbons (Fsp3) is 0.917. The summed E-state index contributed by atoms with van der Waals surface area (Å²) in [6.07, 6.45) is 7.80. The Bertz CT molecular complexity index is 224. The van der Waals surface area contributed by atoms with Crippen LogP contribution in [0.4, 0.5) is 0 Å². The molecule has 86 valence electrons. The lowest BCUT2D eigenvalue weighted by atomic mass is 10.0. The number of carboxylic acids is 1. The van der Waals surface area contributed by atoms with Crippen LogP contribution in [0, 0.1) is 17.8 Å². The molecule has 0 aromatic rings. The van der Waals surface area contributed by atoms with Gasteiger partial charge in [-0.2, -0.15) is 0 Å². The van der Waals surface area contributed by atoms with Crippen LogP contribution in [0.3, 0.4) is 0 Å². The quantitative estimate of drug-likeness (QED) is 0.659. The Hall–Kier alpha value is -0.570. The molecule has 0 aromatic carbocycles. The Labute approximate surface area is 91.2 Å². The molecule has 2 atom stereocenters. The van der Waals surface area contributed by atoms with Crippen LogP contribution in [0.25, 0.3) is 0 Å². The molecule has 0 aliphatic heterocycles. The van der Waals surface area contributed by atoms with Crippen LogP contribution in [-0.4, -0.2) is 24.2 Å². The Morgan fingerprint density at radius 2 is 2.07 bits per heavy atom. The Kier molecular flexibility index (Phi) is 3.62. The maximum atomic E-state index is 10.6. The van der Waals surface area contributed by atoms with Crippen LogP contribution >= 0.6 is 0 Å². The van der Waals surface area contributed by atoms with E-state index in [4.69, 9.17) is 5.11 Å². The molecular weight excluding hydrogens is 190 g/mol. The third-order valence-corrected chi connectivity index (χ3v) is 3.85. The topological polar surface area (TPSA) is 49.3 Å². The highest BCUT2D eigenvalue weighted by atomic mass is 16.4. The second-order valence-electron chi connectivity index (χ2n) is 5.08. The van der Waals surface area contributed by atoms with Crippen molar-refractivity contribution in [2.24, 2.45) is 17.8 Å². The zero-order chi connectivity index (χ0) is 10.7. The first-order valence-electron chi connectivity index (χ1n) is 6.21. The van der Waals surface area contributed by atoms with Crippen molar-refractivity contribution >= 4 is 5.97 Å². The number of carboxylic acid groups (broad SMARTS) is 1. The number of hydrogen-bond acceptors (Lipinski definition) is 2. The lowest BCUT2D eigenvalue weighted by Crippen LogP contribution is -2.21. The van der Waals surface area contributed by atoms with Crippen molar-refractivity contribution < 1.29 is 9.90 Å². The van der Waals surface area contributed by atoms with Gasteiger partial charge in [-0.15, -0.1) is 0 Å². The minimum Gasteiger partial charge on any atom is -0.481 e. The molecular formula is C12H21NO2.